The van der Waals surface area contributed by atoms with Gasteiger partial charge in [0.05, 0.1) is 0 Å². The summed E-state index contributed by atoms with van der Waals surface area (Å²) in [6.45, 7) is 4.47. The molecule has 3 aromatic rings. The molecular formula is C20H20Si. The minimum Gasteiger partial charge on any atom is -0.0625 e. The first kappa shape index (κ1) is 13.8. The van der Waals surface area contributed by atoms with Crippen molar-refractivity contribution in [3.63, 3.8) is 0 Å². The van der Waals surface area contributed by atoms with Crippen LogP contribution >= 0.6 is 0 Å². The Bertz CT molecular complexity index is 686. The van der Waals surface area contributed by atoms with E-state index in [-0.39, 0.29) is 0 Å². The highest BCUT2D eigenvalue weighted by Gasteiger charge is 2.21. The largest absolute Gasteiger partial charge is 0.133 e. The molecule has 0 aliphatic rings. The molecule has 0 saturated carbocycles. The molecule has 0 fully saturated rings. The van der Waals surface area contributed by atoms with Crippen LogP contribution in [0.4, 0.5) is 0 Å². The Kier molecular flexibility index (Phi) is 4.02. The van der Waals surface area contributed by atoms with Gasteiger partial charge in [-0.1, -0.05) is 95.2 Å². The molecule has 0 atom stereocenters. The van der Waals surface area contributed by atoms with Gasteiger partial charge in [0.25, 0.3) is 0 Å². The van der Waals surface area contributed by atoms with Crippen LogP contribution in [-0.4, -0.2) is 8.80 Å². The fraction of sp³-hybridized carbons (Fsp3) is 0.100. The summed E-state index contributed by atoms with van der Waals surface area (Å²) < 4.78 is 0. The minimum atomic E-state index is -1.39. The van der Waals surface area contributed by atoms with E-state index in [9.17, 15) is 0 Å². The summed E-state index contributed by atoms with van der Waals surface area (Å²) >= 11 is 0. The van der Waals surface area contributed by atoms with Gasteiger partial charge in [0.1, 0.15) is 8.80 Å². The van der Waals surface area contributed by atoms with E-state index in [1.807, 2.05) is 0 Å². The van der Waals surface area contributed by atoms with Gasteiger partial charge in [-0.15, -0.1) is 0 Å². The van der Waals surface area contributed by atoms with Gasteiger partial charge in [-0.2, -0.15) is 0 Å². The molecule has 0 bridgehead atoms. The van der Waals surface area contributed by atoms with E-state index in [0.717, 1.165) is 0 Å². The molecule has 0 unspecified atom stereocenters. The van der Waals surface area contributed by atoms with Crippen molar-refractivity contribution in [3.8, 4) is 0 Å². The highest BCUT2D eigenvalue weighted by Crippen LogP contribution is 2.02. The Labute approximate surface area is 128 Å². The lowest BCUT2D eigenvalue weighted by Gasteiger charge is -2.21. The normalized spacial score (nSPS) is 10.8. The van der Waals surface area contributed by atoms with Crippen LogP contribution in [0, 0.1) is 13.8 Å². The van der Waals surface area contributed by atoms with Crippen LogP contribution in [0.2, 0.25) is 0 Å². The molecule has 0 saturated heterocycles. The number of hydrogen-bond acceptors (Lipinski definition) is 0. The lowest BCUT2D eigenvalue weighted by atomic mass is 10.2. The van der Waals surface area contributed by atoms with Crippen LogP contribution < -0.4 is 15.6 Å². The number of benzene rings is 3. The fourth-order valence-corrected chi connectivity index (χ4v) is 6.36. The van der Waals surface area contributed by atoms with Crippen LogP contribution in [0.5, 0.6) is 0 Å². The molecular weight excluding hydrogens is 268 g/mol. The van der Waals surface area contributed by atoms with Gasteiger partial charge in [0.2, 0.25) is 0 Å². The van der Waals surface area contributed by atoms with E-state index in [1.165, 1.54) is 26.7 Å². The third-order valence-electron chi connectivity index (χ3n) is 4.13. The van der Waals surface area contributed by atoms with Crippen molar-refractivity contribution in [3.05, 3.63) is 90.0 Å². The summed E-state index contributed by atoms with van der Waals surface area (Å²) in [5.74, 6) is 0. The van der Waals surface area contributed by atoms with Crippen LogP contribution in [0.15, 0.2) is 78.9 Å². The topological polar surface area (TPSA) is 0 Å². The first-order valence-electron chi connectivity index (χ1n) is 7.43. The van der Waals surface area contributed by atoms with Gasteiger partial charge in [0, 0.05) is 0 Å². The van der Waals surface area contributed by atoms with E-state index in [1.54, 1.807) is 0 Å². The fourth-order valence-electron chi connectivity index (χ4n) is 2.99. The molecule has 3 aromatic carbocycles. The zero-order chi connectivity index (χ0) is 14.7. The van der Waals surface area contributed by atoms with Gasteiger partial charge in [0.15, 0.2) is 0 Å². The Morgan fingerprint density at radius 2 is 0.952 bits per heavy atom. The maximum absolute atomic E-state index is 2.31. The molecule has 21 heavy (non-hydrogen) atoms. The Morgan fingerprint density at radius 1 is 0.524 bits per heavy atom. The highest BCUT2D eigenvalue weighted by atomic mass is 28.3. The smallest absolute Gasteiger partial charge is 0.0625 e. The summed E-state index contributed by atoms with van der Waals surface area (Å²) in [6.07, 6.45) is 0. The monoisotopic (exact) mass is 288 g/mol. The third-order valence-corrected chi connectivity index (χ3v) is 7.72. The van der Waals surface area contributed by atoms with Gasteiger partial charge in [-0.05, 0) is 24.2 Å². The van der Waals surface area contributed by atoms with Crippen molar-refractivity contribution in [1.82, 2.24) is 0 Å². The lowest BCUT2D eigenvalue weighted by Crippen LogP contribution is -2.53. The zero-order valence-electron chi connectivity index (χ0n) is 12.6. The quantitative estimate of drug-likeness (QED) is 0.513. The van der Waals surface area contributed by atoms with E-state index < -0.39 is 8.80 Å². The van der Waals surface area contributed by atoms with E-state index in [4.69, 9.17) is 0 Å². The van der Waals surface area contributed by atoms with E-state index in [2.05, 4.69) is 92.7 Å². The van der Waals surface area contributed by atoms with Crippen LogP contribution in [0.3, 0.4) is 0 Å². The average molecular weight is 288 g/mol. The molecule has 0 aromatic heterocycles. The van der Waals surface area contributed by atoms with Gasteiger partial charge < -0.3 is 0 Å². The second kappa shape index (κ2) is 6.11. The van der Waals surface area contributed by atoms with Crippen molar-refractivity contribution >= 4 is 24.4 Å². The van der Waals surface area contributed by atoms with Crippen LogP contribution in [-0.2, 0) is 0 Å². The maximum Gasteiger partial charge on any atom is 0.133 e. The van der Waals surface area contributed by atoms with Gasteiger partial charge in [-0.25, -0.2) is 0 Å². The summed E-state index contributed by atoms with van der Waals surface area (Å²) in [7, 11) is -1.39. The van der Waals surface area contributed by atoms with E-state index >= 15 is 0 Å². The Morgan fingerprint density at radius 3 is 1.43 bits per heavy atom. The third kappa shape index (κ3) is 2.83. The van der Waals surface area contributed by atoms with Crippen molar-refractivity contribution in [1.29, 1.82) is 0 Å². The van der Waals surface area contributed by atoms with E-state index in [0.29, 0.717) is 0 Å². The average Bonchev–Trinajstić information content (AvgIpc) is 2.52. The maximum atomic E-state index is 2.31. The number of aryl methyl sites for hydroxylation is 2. The molecule has 1 heteroatoms. The standard InChI is InChI=1S/C20H20Si/c1-16-10-6-8-14-19(16)21(18-12-4-3-5-13-18)20-15-9-7-11-17(20)2/h3-15,21H,1-2H3. The Balaban J connectivity index is 2.22. The number of rotatable bonds is 3. The second-order valence-electron chi connectivity index (χ2n) is 5.56. The lowest BCUT2D eigenvalue weighted by molar-refractivity contribution is 1.49. The predicted molar refractivity (Wildman–Crippen MR) is 94.9 cm³/mol. The van der Waals surface area contributed by atoms with Crippen molar-refractivity contribution in [2.75, 3.05) is 0 Å². The predicted octanol–water partition coefficient (Wildman–Crippen LogP) is 2.55. The molecule has 0 N–H and O–H groups in total. The molecule has 0 aliphatic carbocycles. The van der Waals surface area contributed by atoms with Crippen molar-refractivity contribution in [2.45, 2.75) is 13.8 Å². The second-order valence-corrected chi connectivity index (χ2v) is 8.33. The number of hydrogen-bond donors (Lipinski definition) is 0. The molecule has 0 amide bonds. The molecule has 104 valence electrons. The van der Waals surface area contributed by atoms with Crippen molar-refractivity contribution < 1.29 is 0 Å². The molecule has 0 heterocycles. The molecule has 0 aliphatic heterocycles. The highest BCUT2D eigenvalue weighted by molar-refractivity contribution is 6.96. The minimum absolute atomic E-state index is 1.39. The Hall–Kier alpha value is -2.12. The van der Waals surface area contributed by atoms with Crippen LogP contribution in [0.1, 0.15) is 11.1 Å². The summed E-state index contributed by atoms with van der Waals surface area (Å²) in [5.41, 5.74) is 2.81. The molecule has 0 radical (unpaired) electrons. The van der Waals surface area contributed by atoms with Gasteiger partial charge >= 0.3 is 0 Å². The molecule has 3 rings (SSSR count). The molecule has 0 nitrogen and oxygen atoms in total. The molecule has 0 spiro atoms. The van der Waals surface area contributed by atoms with Gasteiger partial charge in [-0.3, -0.25) is 0 Å². The van der Waals surface area contributed by atoms with Crippen LogP contribution in [0.25, 0.3) is 0 Å². The zero-order valence-corrected chi connectivity index (χ0v) is 13.7. The SMILES string of the molecule is Cc1ccccc1[SiH](c1ccccc1)c1ccccc1C. The summed E-state index contributed by atoms with van der Waals surface area (Å²) in [4.78, 5) is 0. The first-order valence-corrected chi connectivity index (χ1v) is 9.16. The summed E-state index contributed by atoms with van der Waals surface area (Å²) in [6, 6.07) is 28.7. The van der Waals surface area contributed by atoms with Crippen molar-refractivity contribution in [2.24, 2.45) is 0 Å². The first-order chi connectivity index (χ1) is 10.3. The summed E-state index contributed by atoms with van der Waals surface area (Å²) in [5, 5.41) is 4.54.